The molecule has 1 unspecified atom stereocenters. The molecule has 10 heteroatoms. The molecule has 2 aromatic heterocycles. The third-order valence-corrected chi connectivity index (χ3v) is 9.74. The molecule has 2 amide bonds. The van der Waals surface area contributed by atoms with Gasteiger partial charge in [-0.2, -0.15) is 0 Å². The van der Waals surface area contributed by atoms with Gasteiger partial charge in [-0.15, -0.1) is 0 Å². The number of likely N-dealkylation sites (tertiary alicyclic amines) is 1. The number of benzene rings is 4. The highest BCUT2D eigenvalue weighted by Gasteiger charge is 2.44. The van der Waals surface area contributed by atoms with Crippen LogP contribution < -0.4 is 5.32 Å². The maximum atomic E-state index is 12.7. The number of aromatic nitrogens is 4. The summed E-state index contributed by atoms with van der Waals surface area (Å²) >= 11 is 0. The first-order valence-electron chi connectivity index (χ1n) is 16.6. The van der Waals surface area contributed by atoms with Crippen molar-refractivity contribution in [1.29, 1.82) is 0 Å². The highest BCUT2D eigenvalue weighted by atomic mass is 16.6. The molecule has 0 radical (unpaired) electrons. The van der Waals surface area contributed by atoms with E-state index in [1.54, 1.807) is 0 Å². The molecule has 0 spiro atoms. The van der Waals surface area contributed by atoms with E-state index >= 15 is 0 Å². The van der Waals surface area contributed by atoms with Gasteiger partial charge in [-0.1, -0.05) is 48.5 Å². The van der Waals surface area contributed by atoms with Gasteiger partial charge < -0.3 is 25.1 Å². The number of H-pyrrole nitrogens is 2. The molecule has 6 aromatic rings. The second kappa shape index (κ2) is 11.1. The molecule has 1 saturated heterocycles. The number of ether oxygens (including phenoxy) is 1. The number of carbonyl (C=O) groups is 2. The van der Waals surface area contributed by atoms with Crippen molar-refractivity contribution < 1.29 is 19.4 Å². The topological polar surface area (TPSA) is 136 Å². The minimum atomic E-state index is -0.902. The van der Waals surface area contributed by atoms with Crippen molar-refractivity contribution in [3.05, 3.63) is 84.4 Å². The monoisotopic (exact) mass is 642 g/mol. The number of rotatable bonds is 5. The Bertz CT molecular complexity index is 2210. The molecule has 0 bridgehead atoms. The van der Waals surface area contributed by atoms with Crippen molar-refractivity contribution in [3.63, 3.8) is 0 Å². The third kappa shape index (κ3) is 5.31. The number of carbonyl (C=O) groups excluding carboxylic acids is 1. The summed E-state index contributed by atoms with van der Waals surface area (Å²) in [5.74, 6) is 1.48. The van der Waals surface area contributed by atoms with Gasteiger partial charge in [0.1, 0.15) is 22.8 Å². The van der Waals surface area contributed by atoms with E-state index in [0.29, 0.717) is 12.4 Å². The van der Waals surface area contributed by atoms with Gasteiger partial charge in [0.25, 0.3) is 0 Å². The summed E-state index contributed by atoms with van der Waals surface area (Å²) in [6.07, 6.45) is 2.93. The van der Waals surface area contributed by atoms with Crippen LogP contribution in [0.15, 0.2) is 72.8 Å². The number of imidazole rings is 2. The van der Waals surface area contributed by atoms with Gasteiger partial charge in [0.2, 0.25) is 0 Å². The molecule has 4 N–H and O–H groups in total. The summed E-state index contributed by atoms with van der Waals surface area (Å²) in [5, 5.41) is 14.9. The minimum absolute atomic E-state index is 0.230. The average molecular weight is 643 g/mol. The highest BCUT2D eigenvalue weighted by molar-refractivity contribution is 6.05. The molecule has 2 fully saturated rings. The summed E-state index contributed by atoms with van der Waals surface area (Å²) in [7, 11) is 0. The Morgan fingerprint density at radius 1 is 0.875 bits per heavy atom. The van der Waals surface area contributed by atoms with E-state index < -0.39 is 23.3 Å². The number of carboxylic acid groups (broad SMARTS) is 1. The molecule has 1 aliphatic heterocycles. The van der Waals surface area contributed by atoms with Crippen LogP contribution in [0.1, 0.15) is 70.6 Å². The van der Waals surface area contributed by atoms with E-state index in [1.165, 1.54) is 4.90 Å². The first-order valence-corrected chi connectivity index (χ1v) is 16.6. The molecule has 1 aliphatic carbocycles. The van der Waals surface area contributed by atoms with Gasteiger partial charge in [-0.3, -0.25) is 4.90 Å². The number of hydrogen-bond acceptors (Lipinski definition) is 5. The quantitative estimate of drug-likeness (QED) is 0.149. The molecule has 244 valence electrons. The van der Waals surface area contributed by atoms with E-state index in [-0.39, 0.29) is 6.04 Å². The van der Waals surface area contributed by atoms with Crippen molar-refractivity contribution >= 4 is 45.0 Å². The molecular weight excluding hydrogens is 604 g/mol. The van der Waals surface area contributed by atoms with E-state index in [9.17, 15) is 14.7 Å². The van der Waals surface area contributed by atoms with Crippen LogP contribution in [0.4, 0.5) is 9.59 Å². The number of nitrogens with zero attached hydrogens (tertiary/aromatic N) is 3. The Balaban J connectivity index is 1.04. The maximum absolute atomic E-state index is 12.7. The van der Waals surface area contributed by atoms with Crippen LogP contribution in [0.5, 0.6) is 0 Å². The van der Waals surface area contributed by atoms with Crippen LogP contribution in [0.3, 0.4) is 0 Å². The standard InChI is InChI=1S/C38H38N6O4/c1-37(2,3)48-35(45)43-38(17-5-18-38)34-41-29-16-13-26-20-24(11-14-27(26)32(29)42-34)22-7-9-23(10-8-22)25-12-15-28-30(21-25)40-33(39-28)31-6-4-19-44(31)36(46)47/h7-16,20-21,31H,4-6,17-19H2,1-3H3,(H,39,40)(H,41,42)(H,43,45)(H,46,47). The lowest BCUT2D eigenvalue weighted by atomic mass is 9.76. The molecule has 48 heavy (non-hydrogen) atoms. The molecule has 1 atom stereocenters. The number of amides is 2. The van der Waals surface area contributed by atoms with Crippen molar-refractivity contribution in [2.45, 2.75) is 70.1 Å². The fraction of sp³-hybridized carbons (Fsp3) is 0.316. The number of fused-ring (bicyclic) bond motifs is 4. The summed E-state index contributed by atoms with van der Waals surface area (Å²) < 4.78 is 5.55. The van der Waals surface area contributed by atoms with E-state index in [1.807, 2.05) is 32.9 Å². The van der Waals surface area contributed by atoms with Crippen LogP contribution >= 0.6 is 0 Å². The van der Waals surface area contributed by atoms with Gasteiger partial charge in [-0.25, -0.2) is 19.6 Å². The normalized spacial score (nSPS) is 17.6. The van der Waals surface area contributed by atoms with Crippen LogP contribution in [-0.4, -0.2) is 54.3 Å². The van der Waals surface area contributed by atoms with Gasteiger partial charge in [0.05, 0.1) is 28.1 Å². The van der Waals surface area contributed by atoms with Crippen LogP contribution in [0.25, 0.3) is 55.1 Å². The zero-order valence-corrected chi connectivity index (χ0v) is 27.3. The number of alkyl carbamates (subject to hydrolysis) is 1. The Kier molecular flexibility index (Phi) is 6.94. The first kappa shape index (κ1) is 30.0. The molecule has 4 aromatic carbocycles. The Morgan fingerprint density at radius 2 is 1.56 bits per heavy atom. The Labute approximate surface area is 277 Å². The van der Waals surface area contributed by atoms with Gasteiger partial charge in [0, 0.05) is 11.9 Å². The molecule has 8 rings (SSSR count). The second-order valence-corrected chi connectivity index (χ2v) is 14.1. The summed E-state index contributed by atoms with van der Waals surface area (Å²) in [6.45, 7) is 6.13. The van der Waals surface area contributed by atoms with Crippen molar-refractivity contribution in [1.82, 2.24) is 30.2 Å². The van der Waals surface area contributed by atoms with Crippen LogP contribution in [0.2, 0.25) is 0 Å². The number of hydrogen-bond donors (Lipinski definition) is 4. The van der Waals surface area contributed by atoms with Crippen molar-refractivity contribution in [3.8, 4) is 22.3 Å². The van der Waals surface area contributed by atoms with Crippen LogP contribution in [0, 0.1) is 0 Å². The molecule has 10 nitrogen and oxygen atoms in total. The van der Waals surface area contributed by atoms with E-state index in [2.05, 4.69) is 75.9 Å². The molecular formula is C38H38N6O4. The van der Waals surface area contributed by atoms with Crippen LogP contribution in [-0.2, 0) is 10.3 Å². The zero-order valence-electron chi connectivity index (χ0n) is 27.3. The second-order valence-electron chi connectivity index (χ2n) is 14.1. The maximum Gasteiger partial charge on any atom is 0.408 e. The lowest BCUT2D eigenvalue weighted by Gasteiger charge is -2.40. The molecule has 3 heterocycles. The first-order chi connectivity index (χ1) is 23.0. The van der Waals surface area contributed by atoms with Gasteiger partial charge >= 0.3 is 12.2 Å². The van der Waals surface area contributed by atoms with Crippen molar-refractivity contribution in [2.24, 2.45) is 0 Å². The summed E-state index contributed by atoms with van der Waals surface area (Å²) in [5.41, 5.74) is 6.82. The fourth-order valence-corrected chi connectivity index (χ4v) is 7.17. The van der Waals surface area contributed by atoms with E-state index in [0.717, 1.165) is 93.0 Å². The molecule has 2 aliphatic rings. The zero-order chi connectivity index (χ0) is 33.2. The summed E-state index contributed by atoms with van der Waals surface area (Å²) in [4.78, 5) is 42.4. The smallest absolute Gasteiger partial charge is 0.408 e. The minimum Gasteiger partial charge on any atom is -0.465 e. The fourth-order valence-electron chi connectivity index (χ4n) is 7.17. The predicted octanol–water partition coefficient (Wildman–Crippen LogP) is 8.65. The SMILES string of the molecule is CC(C)(C)OC(=O)NC1(c2nc3ccc4cc(-c5ccc(-c6ccc7nc(C8CCCN8C(=O)O)[nH]c7c6)cc5)ccc4c3[nH]2)CCC1. The third-order valence-electron chi connectivity index (χ3n) is 9.74. The van der Waals surface area contributed by atoms with Gasteiger partial charge in [-0.05, 0) is 105 Å². The highest BCUT2D eigenvalue weighted by Crippen LogP contribution is 2.42. The number of nitrogens with one attached hydrogen (secondary N) is 3. The lowest BCUT2D eigenvalue weighted by Crippen LogP contribution is -2.52. The van der Waals surface area contributed by atoms with Gasteiger partial charge in [0.15, 0.2) is 0 Å². The average Bonchev–Trinajstić information content (AvgIpc) is 3.79. The Hall–Kier alpha value is -5.38. The summed E-state index contributed by atoms with van der Waals surface area (Å²) in [6, 6.07) is 25.0. The predicted molar refractivity (Wildman–Crippen MR) is 186 cm³/mol. The van der Waals surface area contributed by atoms with Crippen molar-refractivity contribution in [2.75, 3.05) is 6.54 Å². The Morgan fingerprint density at radius 3 is 2.25 bits per heavy atom. The molecule has 1 saturated carbocycles. The number of aromatic amines is 2. The lowest BCUT2D eigenvalue weighted by molar-refractivity contribution is 0.0366. The van der Waals surface area contributed by atoms with E-state index in [4.69, 9.17) is 14.7 Å². The largest absolute Gasteiger partial charge is 0.465 e.